The summed E-state index contributed by atoms with van der Waals surface area (Å²) in [7, 11) is 0. The third-order valence-corrected chi connectivity index (χ3v) is 3.50. The van der Waals surface area contributed by atoms with Gasteiger partial charge in [-0.3, -0.25) is 4.79 Å². The first-order valence-electron chi connectivity index (χ1n) is 7.16. The Morgan fingerprint density at radius 2 is 1.43 bits per heavy atom. The van der Waals surface area contributed by atoms with Gasteiger partial charge in [-0.15, -0.1) is 0 Å². The van der Waals surface area contributed by atoms with E-state index in [0.29, 0.717) is 11.3 Å². The summed E-state index contributed by atoms with van der Waals surface area (Å²) >= 11 is 0. The van der Waals surface area contributed by atoms with Gasteiger partial charge in [-0.25, -0.2) is 10.9 Å². The maximum atomic E-state index is 12.3. The molecule has 4 heteroatoms. The second-order valence-electron chi connectivity index (χ2n) is 4.73. The fourth-order valence-corrected chi connectivity index (χ4v) is 2.25. The summed E-state index contributed by atoms with van der Waals surface area (Å²) in [5, 5.41) is 1.18. The molecule has 0 saturated carbocycles. The van der Waals surface area contributed by atoms with Crippen molar-refractivity contribution in [3.8, 4) is 0 Å². The van der Waals surface area contributed by atoms with E-state index in [9.17, 15) is 4.79 Å². The van der Waals surface area contributed by atoms with E-state index in [0.717, 1.165) is 18.8 Å². The molecular weight excluding hydrogens is 262 g/mol. The summed E-state index contributed by atoms with van der Waals surface area (Å²) in [5.74, 6) is 5.72. The van der Waals surface area contributed by atoms with Crippen molar-refractivity contribution >= 4 is 17.3 Å². The van der Waals surface area contributed by atoms with Crippen LogP contribution in [0.25, 0.3) is 0 Å². The molecule has 0 fully saturated rings. The third-order valence-electron chi connectivity index (χ3n) is 3.50. The summed E-state index contributed by atoms with van der Waals surface area (Å²) in [4.78, 5) is 14.5. The Kier molecular flexibility index (Phi) is 4.95. The van der Waals surface area contributed by atoms with Crippen molar-refractivity contribution in [1.29, 1.82) is 0 Å². The van der Waals surface area contributed by atoms with Crippen LogP contribution in [0.15, 0.2) is 54.6 Å². The van der Waals surface area contributed by atoms with E-state index in [1.165, 1.54) is 5.01 Å². The van der Waals surface area contributed by atoms with Gasteiger partial charge in [-0.2, -0.15) is 0 Å². The molecule has 21 heavy (non-hydrogen) atoms. The van der Waals surface area contributed by atoms with Gasteiger partial charge in [0, 0.05) is 24.3 Å². The van der Waals surface area contributed by atoms with Gasteiger partial charge in [0.15, 0.2) is 0 Å². The molecule has 110 valence electrons. The fraction of sp³-hybridized carbons (Fsp3) is 0.235. The van der Waals surface area contributed by atoms with Crippen LogP contribution < -0.4 is 15.8 Å². The van der Waals surface area contributed by atoms with Crippen molar-refractivity contribution in [2.75, 3.05) is 23.0 Å². The summed E-state index contributed by atoms with van der Waals surface area (Å²) < 4.78 is 0. The number of hydrogen-bond donors (Lipinski definition) is 1. The van der Waals surface area contributed by atoms with Gasteiger partial charge in [0.1, 0.15) is 0 Å². The van der Waals surface area contributed by atoms with E-state index in [1.54, 1.807) is 12.1 Å². The molecule has 4 nitrogen and oxygen atoms in total. The number of amides is 1. The SMILES string of the molecule is CCN(CC)c1ccc(N(N)C(=O)c2ccccc2)cc1. The minimum Gasteiger partial charge on any atom is -0.372 e. The van der Waals surface area contributed by atoms with Crippen molar-refractivity contribution in [3.63, 3.8) is 0 Å². The summed E-state index contributed by atoms with van der Waals surface area (Å²) in [6.07, 6.45) is 0. The topological polar surface area (TPSA) is 49.6 Å². The lowest BCUT2D eigenvalue weighted by molar-refractivity contribution is 0.0987. The van der Waals surface area contributed by atoms with E-state index < -0.39 is 0 Å². The van der Waals surface area contributed by atoms with Crippen LogP contribution in [0.2, 0.25) is 0 Å². The van der Waals surface area contributed by atoms with E-state index in [4.69, 9.17) is 5.84 Å². The molecule has 0 aliphatic heterocycles. The number of hydrazine groups is 1. The van der Waals surface area contributed by atoms with Crippen LogP contribution in [0.1, 0.15) is 24.2 Å². The highest BCUT2D eigenvalue weighted by molar-refractivity contribution is 6.05. The van der Waals surface area contributed by atoms with Gasteiger partial charge in [0.2, 0.25) is 0 Å². The van der Waals surface area contributed by atoms with Crippen LogP contribution >= 0.6 is 0 Å². The highest BCUT2D eigenvalue weighted by Crippen LogP contribution is 2.20. The van der Waals surface area contributed by atoms with Crippen LogP contribution in [-0.2, 0) is 0 Å². The molecule has 2 N–H and O–H groups in total. The number of nitrogens with two attached hydrogens (primary N) is 1. The molecule has 0 aliphatic carbocycles. The maximum absolute atomic E-state index is 12.3. The lowest BCUT2D eigenvalue weighted by Crippen LogP contribution is -2.37. The van der Waals surface area contributed by atoms with Crippen molar-refractivity contribution in [3.05, 3.63) is 60.2 Å². The Balaban J connectivity index is 2.17. The zero-order valence-corrected chi connectivity index (χ0v) is 12.5. The molecule has 0 saturated heterocycles. The van der Waals surface area contributed by atoms with Gasteiger partial charge in [0.25, 0.3) is 5.91 Å². The smallest absolute Gasteiger partial charge is 0.272 e. The fourth-order valence-electron chi connectivity index (χ4n) is 2.25. The van der Waals surface area contributed by atoms with Crippen molar-refractivity contribution < 1.29 is 4.79 Å². The lowest BCUT2D eigenvalue weighted by Gasteiger charge is -2.22. The second-order valence-corrected chi connectivity index (χ2v) is 4.73. The van der Waals surface area contributed by atoms with Gasteiger partial charge < -0.3 is 4.90 Å². The number of hydrogen-bond acceptors (Lipinski definition) is 3. The Morgan fingerprint density at radius 3 is 1.95 bits per heavy atom. The average Bonchev–Trinajstić information content (AvgIpc) is 2.56. The number of anilines is 2. The van der Waals surface area contributed by atoms with Gasteiger partial charge >= 0.3 is 0 Å². The Morgan fingerprint density at radius 1 is 0.905 bits per heavy atom. The first-order chi connectivity index (χ1) is 10.2. The van der Waals surface area contributed by atoms with Crippen LogP contribution in [0, 0.1) is 0 Å². The zero-order chi connectivity index (χ0) is 15.2. The number of nitrogens with zero attached hydrogens (tertiary/aromatic N) is 2. The molecule has 0 unspecified atom stereocenters. The number of carbonyl (C=O) groups excluding carboxylic acids is 1. The van der Waals surface area contributed by atoms with E-state index in [2.05, 4.69) is 18.7 Å². The monoisotopic (exact) mass is 283 g/mol. The van der Waals surface area contributed by atoms with Crippen molar-refractivity contribution in [2.24, 2.45) is 5.84 Å². The first kappa shape index (κ1) is 15.1. The largest absolute Gasteiger partial charge is 0.372 e. The van der Waals surface area contributed by atoms with Crippen LogP contribution in [0.4, 0.5) is 11.4 Å². The molecule has 0 atom stereocenters. The van der Waals surface area contributed by atoms with Crippen LogP contribution in [0.3, 0.4) is 0 Å². The molecule has 2 aromatic rings. The summed E-state index contributed by atoms with van der Waals surface area (Å²) in [5.41, 5.74) is 2.39. The lowest BCUT2D eigenvalue weighted by atomic mass is 10.2. The molecule has 2 aromatic carbocycles. The predicted octanol–water partition coefficient (Wildman–Crippen LogP) is 3.05. The van der Waals surface area contributed by atoms with Gasteiger partial charge in [-0.1, -0.05) is 18.2 Å². The standard InChI is InChI=1S/C17H21N3O/c1-3-19(4-2)15-10-12-16(13-11-15)20(18)17(21)14-8-6-5-7-9-14/h5-13H,3-4,18H2,1-2H3. The number of carbonyl (C=O) groups is 1. The molecule has 2 rings (SSSR count). The Labute approximate surface area is 125 Å². The molecule has 0 radical (unpaired) electrons. The molecule has 1 amide bonds. The highest BCUT2D eigenvalue weighted by Gasteiger charge is 2.14. The molecule has 0 heterocycles. The molecule has 0 aliphatic rings. The normalized spacial score (nSPS) is 10.2. The first-order valence-corrected chi connectivity index (χ1v) is 7.16. The van der Waals surface area contributed by atoms with E-state index in [-0.39, 0.29) is 5.91 Å². The maximum Gasteiger partial charge on any atom is 0.272 e. The minimum atomic E-state index is -0.216. The van der Waals surface area contributed by atoms with Crippen LogP contribution in [0.5, 0.6) is 0 Å². The number of rotatable bonds is 5. The molecule has 0 aromatic heterocycles. The van der Waals surface area contributed by atoms with E-state index >= 15 is 0 Å². The van der Waals surface area contributed by atoms with Gasteiger partial charge in [-0.05, 0) is 50.2 Å². The van der Waals surface area contributed by atoms with Gasteiger partial charge in [0.05, 0.1) is 5.69 Å². The Bertz CT molecular complexity index is 577. The van der Waals surface area contributed by atoms with Crippen molar-refractivity contribution in [1.82, 2.24) is 0 Å². The van der Waals surface area contributed by atoms with E-state index in [1.807, 2.05) is 42.5 Å². The number of benzene rings is 2. The van der Waals surface area contributed by atoms with Crippen LogP contribution in [-0.4, -0.2) is 19.0 Å². The second kappa shape index (κ2) is 6.90. The molecule has 0 spiro atoms. The average molecular weight is 283 g/mol. The quantitative estimate of drug-likeness (QED) is 0.521. The Hall–Kier alpha value is -2.33. The zero-order valence-electron chi connectivity index (χ0n) is 12.5. The predicted molar refractivity (Wildman–Crippen MR) is 87.4 cm³/mol. The van der Waals surface area contributed by atoms with Crippen molar-refractivity contribution in [2.45, 2.75) is 13.8 Å². The summed E-state index contributed by atoms with van der Waals surface area (Å²) in [6.45, 7) is 6.13. The molecule has 0 bridgehead atoms. The minimum absolute atomic E-state index is 0.216. The summed E-state index contributed by atoms with van der Waals surface area (Å²) in [6, 6.07) is 16.7. The molecular formula is C17H21N3O. The third kappa shape index (κ3) is 3.41. The highest BCUT2D eigenvalue weighted by atomic mass is 16.2.